The van der Waals surface area contributed by atoms with Crippen molar-refractivity contribution in [3.05, 3.63) is 114 Å². The molecule has 0 atom stereocenters. The molecule has 0 radical (unpaired) electrons. The van der Waals surface area contributed by atoms with E-state index in [1.165, 1.54) is 30.3 Å². The first-order valence-electron chi connectivity index (χ1n) is 16.1. The molecule has 2 aromatic heterocycles. The molecule has 1 aliphatic heterocycles. The first-order chi connectivity index (χ1) is 24.6. The van der Waals surface area contributed by atoms with Crippen LogP contribution >= 0.6 is 34.0 Å². The number of anilines is 1. The predicted molar refractivity (Wildman–Crippen MR) is 201 cm³/mol. The van der Waals surface area contributed by atoms with Crippen molar-refractivity contribution in [2.45, 2.75) is 18.9 Å². The number of fused-ring (bicyclic) bond motifs is 1. The van der Waals surface area contributed by atoms with Crippen molar-refractivity contribution in [3.8, 4) is 17.4 Å². The Morgan fingerprint density at radius 2 is 1.46 bits per heavy atom. The van der Waals surface area contributed by atoms with Gasteiger partial charge >= 0.3 is 12.4 Å². The van der Waals surface area contributed by atoms with Crippen molar-refractivity contribution in [2.75, 3.05) is 44.7 Å². The molecule has 54 heavy (non-hydrogen) atoms. The summed E-state index contributed by atoms with van der Waals surface area (Å²) in [5.74, 6) is 0.252. The minimum atomic E-state index is -4.50. The van der Waals surface area contributed by atoms with Crippen molar-refractivity contribution in [2.24, 2.45) is 7.05 Å². The summed E-state index contributed by atoms with van der Waals surface area (Å²) in [6.45, 7) is 1.53. The summed E-state index contributed by atoms with van der Waals surface area (Å²) >= 11 is 0. The third kappa shape index (κ3) is 10.1. The van der Waals surface area contributed by atoms with Crippen molar-refractivity contribution in [1.29, 1.82) is 0 Å². The number of carbonyl (C=O) groups is 2. The lowest BCUT2D eigenvalue weighted by Crippen LogP contribution is -2.48. The number of carbonyl (C=O) groups excluding carboxylic acids is 2. The van der Waals surface area contributed by atoms with E-state index in [0.29, 0.717) is 49.9 Å². The maximum absolute atomic E-state index is 13.6. The van der Waals surface area contributed by atoms with Crippen LogP contribution in [0.4, 0.5) is 32.0 Å². The second-order valence-electron chi connectivity index (χ2n) is 12.3. The third-order valence-electron chi connectivity index (χ3n) is 8.72. The van der Waals surface area contributed by atoms with E-state index >= 15 is 0 Å². The van der Waals surface area contributed by atoms with Gasteiger partial charge in [-0.1, -0.05) is 12.1 Å². The van der Waals surface area contributed by atoms with Gasteiger partial charge in [-0.25, -0.2) is 4.98 Å². The average Bonchev–Trinajstić information content (AvgIpc) is 3.45. The third-order valence-corrected chi connectivity index (χ3v) is 8.72. The van der Waals surface area contributed by atoms with E-state index < -0.39 is 30.4 Å². The van der Waals surface area contributed by atoms with E-state index in [9.17, 15) is 35.9 Å². The lowest BCUT2D eigenvalue weighted by atomic mass is 10.1. The summed E-state index contributed by atoms with van der Waals surface area (Å²) in [6.07, 6.45) is -7.48. The Balaban J connectivity index is 0.00000325. The van der Waals surface area contributed by atoms with E-state index in [4.69, 9.17) is 9.47 Å². The standard InChI is InChI=1S/C37H33F6N5O4.2BrH/c1-45(34(49)25-5-7-27(8-6-25)37(41,42)43)28-9-14-33(44-21-28)52-30-12-13-31-26(19-30)20-32(46(31)2)35(50)48-17-15-47(16-18-48)22-24-3-10-29(11-4-24)51-23-36(38,39)40;;/h3-14,19-21H,15-18,22-23H2,1-2H3;2*1H. The van der Waals surface area contributed by atoms with Crippen molar-refractivity contribution < 1.29 is 45.4 Å². The zero-order valence-corrected chi connectivity index (χ0v) is 32.3. The summed E-state index contributed by atoms with van der Waals surface area (Å²) in [5, 5.41) is 0.781. The van der Waals surface area contributed by atoms with Gasteiger partial charge < -0.3 is 23.8 Å². The number of rotatable bonds is 9. The van der Waals surface area contributed by atoms with E-state index in [0.717, 1.165) is 40.7 Å². The van der Waals surface area contributed by atoms with Crippen LogP contribution in [0.1, 0.15) is 32.0 Å². The van der Waals surface area contributed by atoms with Gasteiger partial charge in [0.05, 0.1) is 17.4 Å². The van der Waals surface area contributed by atoms with Crippen molar-refractivity contribution >= 4 is 62.4 Å². The highest BCUT2D eigenvalue weighted by atomic mass is 79.9. The fourth-order valence-electron chi connectivity index (χ4n) is 5.85. The number of aryl methyl sites for hydroxylation is 1. The maximum Gasteiger partial charge on any atom is 0.422 e. The molecule has 1 saturated heterocycles. The molecule has 1 fully saturated rings. The number of alkyl halides is 6. The average molecular weight is 888 g/mol. The highest BCUT2D eigenvalue weighted by molar-refractivity contribution is 8.93. The molecule has 5 aromatic rings. The Morgan fingerprint density at radius 1 is 0.815 bits per heavy atom. The highest BCUT2D eigenvalue weighted by Crippen LogP contribution is 2.31. The Morgan fingerprint density at radius 3 is 2.06 bits per heavy atom. The number of aromatic nitrogens is 2. The molecular weight excluding hydrogens is 852 g/mol. The number of hydrogen-bond acceptors (Lipinski definition) is 6. The minimum Gasteiger partial charge on any atom is -0.484 e. The van der Waals surface area contributed by atoms with Crippen LogP contribution in [-0.4, -0.2) is 77.2 Å². The minimum absolute atomic E-state index is 0. The zero-order chi connectivity index (χ0) is 37.2. The number of hydrogen-bond donors (Lipinski definition) is 0. The van der Waals surface area contributed by atoms with Gasteiger partial charge in [0.2, 0.25) is 5.88 Å². The molecule has 0 N–H and O–H groups in total. The van der Waals surface area contributed by atoms with Gasteiger partial charge in [0.25, 0.3) is 11.8 Å². The predicted octanol–water partition coefficient (Wildman–Crippen LogP) is 8.72. The molecule has 0 bridgehead atoms. The van der Waals surface area contributed by atoms with Crippen molar-refractivity contribution in [3.63, 3.8) is 0 Å². The Kier molecular flexibility index (Phi) is 13.5. The number of halogens is 8. The van der Waals surface area contributed by atoms with Crippen LogP contribution in [-0.2, 0) is 19.8 Å². The molecule has 2 amide bonds. The Hall–Kier alpha value is -4.61. The number of benzene rings is 3. The van der Waals surface area contributed by atoms with Gasteiger partial charge in [0, 0.05) is 69.4 Å². The molecule has 3 aromatic carbocycles. The topological polar surface area (TPSA) is 80.1 Å². The number of amides is 2. The lowest BCUT2D eigenvalue weighted by Gasteiger charge is -2.34. The number of piperazine rings is 1. The molecule has 6 rings (SSSR count). The van der Waals surface area contributed by atoms with Crippen LogP contribution in [0.3, 0.4) is 0 Å². The van der Waals surface area contributed by atoms with Crippen LogP contribution in [0.2, 0.25) is 0 Å². The number of nitrogens with zero attached hydrogens (tertiary/aromatic N) is 5. The molecular formula is C37H35Br2F6N5O4. The SMILES string of the molecule is Br.Br.CN(C(=O)c1ccc(C(F)(F)F)cc1)c1ccc(Oc2ccc3c(c2)cc(C(=O)N2CCN(Cc4ccc(OCC(F)(F)F)cc4)CC2)n3C)nc1. The molecule has 0 spiro atoms. The molecule has 3 heterocycles. The van der Waals surface area contributed by atoms with Gasteiger partial charge in [-0.15, -0.1) is 34.0 Å². The van der Waals surface area contributed by atoms with Crippen LogP contribution in [0.15, 0.2) is 91.1 Å². The largest absolute Gasteiger partial charge is 0.484 e. The summed E-state index contributed by atoms with van der Waals surface area (Å²) in [4.78, 5) is 35.9. The van der Waals surface area contributed by atoms with Gasteiger partial charge in [-0.2, -0.15) is 26.3 Å². The highest BCUT2D eigenvalue weighted by Gasteiger charge is 2.31. The Labute approximate surface area is 327 Å². The van der Waals surface area contributed by atoms with E-state index in [2.05, 4.69) is 9.88 Å². The fraction of sp³-hybridized carbons (Fsp3) is 0.270. The fourth-order valence-corrected chi connectivity index (χ4v) is 5.85. The lowest BCUT2D eigenvalue weighted by molar-refractivity contribution is -0.153. The van der Waals surface area contributed by atoms with Crippen LogP contribution in [0.5, 0.6) is 17.4 Å². The van der Waals surface area contributed by atoms with Gasteiger partial charge in [0.15, 0.2) is 6.61 Å². The summed E-state index contributed by atoms with van der Waals surface area (Å²) in [5.41, 5.74) is 1.92. The smallest absolute Gasteiger partial charge is 0.422 e. The number of pyridine rings is 1. The zero-order valence-electron chi connectivity index (χ0n) is 28.9. The monoisotopic (exact) mass is 885 g/mol. The summed E-state index contributed by atoms with van der Waals surface area (Å²) in [6, 6.07) is 20.8. The van der Waals surface area contributed by atoms with Gasteiger partial charge in [-0.3, -0.25) is 14.5 Å². The second-order valence-corrected chi connectivity index (χ2v) is 12.3. The molecule has 288 valence electrons. The summed E-state index contributed by atoms with van der Waals surface area (Å²) < 4.78 is 88.4. The Bertz CT molecular complexity index is 2050. The van der Waals surface area contributed by atoms with Crippen molar-refractivity contribution in [1.82, 2.24) is 19.4 Å². The maximum atomic E-state index is 13.6. The quantitative estimate of drug-likeness (QED) is 0.138. The molecule has 1 aliphatic rings. The van der Waals surface area contributed by atoms with E-state index in [1.54, 1.807) is 47.4 Å². The van der Waals surface area contributed by atoms with Gasteiger partial charge in [-0.05, 0) is 72.3 Å². The molecule has 0 unspecified atom stereocenters. The van der Waals surface area contributed by atoms with Gasteiger partial charge in [0.1, 0.15) is 17.2 Å². The van der Waals surface area contributed by atoms with E-state index in [-0.39, 0.29) is 57.1 Å². The molecule has 17 heteroatoms. The first-order valence-corrected chi connectivity index (χ1v) is 16.1. The van der Waals surface area contributed by atoms with E-state index in [1.807, 2.05) is 17.7 Å². The normalized spacial score (nSPS) is 13.5. The summed E-state index contributed by atoms with van der Waals surface area (Å²) in [7, 11) is 3.31. The second kappa shape index (κ2) is 17.2. The molecule has 9 nitrogen and oxygen atoms in total. The molecule has 0 saturated carbocycles. The first kappa shape index (κ1) is 42.1. The van der Waals surface area contributed by atoms with Crippen LogP contribution in [0.25, 0.3) is 10.9 Å². The van der Waals surface area contributed by atoms with Crippen LogP contribution in [0, 0.1) is 0 Å². The number of ether oxygens (including phenoxy) is 2. The molecule has 0 aliphatic carbocycles. The van der Waals surface area contributed by atoms with Crippen LogP contribution < -0.4 is 14.4 Å².